The normalized spacial score (nSPS) is 16.3. The zero-order chi connectivity index (χ0) is 27.9. The summed E-state index contributed by atoms with van der Waals surface area (Å²) in [7, 11) is 3.94. The zero-order valence-electron chi connectivity index (χ0n) is 22.6. The van der Waals surface area contributed by atoms with Crippen LogP contribution >= 0.6 is 0 Å². The minimum atomic E-state index is -4.09. The van der Waals surface area contributed by atoms with Crippen molar-refractivity contribution < 1.29 is 22.7 Å². The number of nitrogens with zero attached hydrogens (tertiary/aromatic N) is 6. The third-order valence-corrected chi connectivity index (χ3v) is 6.81. The van der Waals surface area contributed by atoms with E-state index in [1.165, 1.54) is 0 Å². The molecule has 38 heavy (non-hydrogen) atoms. The van der Waals surface area contributed by atoms with E-state index < -0.39 is 13.0 Å². The molecular formula is C25H37BF2N8O2. The molecule has 206 valence electrons. The summed E-state index contributed by atoms with van der Waals surface area (Å²) < 4.78 is 33.3. The van der Waals surface area contributed by atoms with Crippen molar-refractivity contribution in [3.63, 3.8) is 0 Å². The van der Waals surface area contributed by atoms with Gasteiger partial charge in [0.2, 0.25) is 11.8 Å². The van der Waals surface area contributed by atoms with Gasteiger partial charge in [-0.15, -0.1) is 0 Å². The number of rotatable bonds is 14. The Balaban J connectivity index is 1.63. The largest absolute Gasteiger partial charge is 0.737 e. The third-order valence-electron chi connectivity index (χ3n) is 6.81. The average Bonchev–Trinajstić information content (AvgIpc) is 3.40. The van der Waals surface area contributed by atoms with Crippen molar-refractivity contribution in [3.05, 3.63) is 51.3 Å². The van der Waals surface area contributed by atoms with E-state index in [1.807, 2.05) is 21.0 Å². The van der Waals surface area contributed by atoms with Crippen molar-refractivity contribution in [2.24, 2.45) is 5.11 Å². The highest BCUT2D eigenvalue weighted by atomic mass is 19.2. The van der Waals surface area contributed by atoms with Gasteiger partial charge in [-0.05, 0) is 83.0 Å². The Bertz CT molecular complexity index is 1200. The number of hydrogen-bond donors (Lipinski definition) is 2. The predicted octanol–water partition coefficient (Wildman–Crippen LogP) is 3.46. The number of hydrogen-bond acceptors (Lipinski definition) is 4. The molecule has 0 spiro atoms. The van der Waals surface area contributed by atoms with Gasteiger partial charge in [-0.3, -0.25) is 9.59 Å². The number of fused-ring (bicyclic) bond motifs is 2. The first kappa shape index (κ1) is 29.1. The topological polar surface area (TPSA) is 118 Å². The summed E-state index contributed by atoms with van der Waals surface area (Å²) in [6, 6.07) is 2.57. The number of carbonyl (C=O) groups is 2. The van der Waals surface area contributed by atoms with Crippen molar-refractivity contribution in [3.8, 4) is 0 Å². The van der Waals surface area contributed by atoms with E-state index in [1.54, 1.807) is 31.2 Å². The van der Waals surface area contributed by atoms with Crippen molar-refractivity contribution in [2.45, 2.75) is 58.4 Å². The third kappa shape index (κ3) is 6.90. The number of aromatic nitrogens is 1. The number of amides is 2. The lowest BCUT2D eigenvalue weighted by molar-refractivity contribution is -0.362. The van der Waals surface area contributed by atoms with Gasteiger partial charge in [0.15, 0.2) is 5.70 Å². The maximum atomic E-state index is 15.6. The van der Waals surface area contributed by atoms with E-state index in [4.69, 9.17) is 5.53 Å². The van der Waals surface area contributed by atoms with E-state index >= 15 is 8.63 Å². The molecule has 0 aliphatic carbocycles. The van der Waals surface area contributed by atoms with Gasteiger partial charge >= 0.3 is 6.97 Å². The number of carbonyl (C=O) groups excluding carboxylic acids is 2. The summed E-state index contributed by atoms with van der Waals surface area (Å²) in [6.45, 7) is 0.860. The molecule has 0 bridgehead atoms. The van der Waals surface area contributed by atoms with Crippen LogP contribution in [0.2, 0.25) is 0 Å². The van der Waals surface area contributed by atoms with Crippen molar-refractivity contribution in [1.82, 2.24) is 20.0 Å². The van der Waals surface area contributed by atoms with Crippen LogP contribution < -0.4 is 10.6 Å². The second kappa shape index (κ2) is 12.9. The highest BCUT2D eigenvalue weighted by molar-refractivity contribution is 6.58. The number of nitrogens with one attached hydrogen (secondary N) is 2. The van der Waals surface area contributed by atoms with Gasteiger partial charge in [0, 0.05) is 54.8 Å². The summed E-state index contributed by atoms with van der Waals surface area (Å²) in [4.78, 5) is 30.3. The summed E-state index contributed by atoms with van der Waals surface area (Å²) in [5.74, 6) is -0.675. The van der Waals surface area contributed by atoms with E-state index in [0.717, 1.165) is 33.9 Å². The molecule has 1 aromatic rings. The van der Waals surface area contributed by atoms with Gasteiger partial charge < -0.3 is 33.1 Å². The van der Waals surface area contributed by atoms with Crippen molar-refractivity contribution >= 4 is 30.6 Å². The first-order valence-corrected chi connectivity index (χ1v) is 13.0. The summed E-state index contributed by atoms with van der Waals surface area (Å²) in [5.41, 5.74) is 10.9. The molecule has 2 aliphatic heterocycles. The van der Waals surface area contributed by atoms with Crippen LogP contribution in [0.25, 0.3) is 16.5 Å². The monoisotopic (exact) mass is 530 g/mol. The van der Waals surface area contributed by atoms with Crippen molar-refractivity contribution in [2.75, 3.05) is 33.7 Å². The molecule has 2 N–H and O–H groups in total. The fourth-order valence-electron chi connectivity index (χ4n) is 4.98. The molecule has 13 heteroatoms. The van der Waals surface area contributed by atoms with Crippen LogP contribution in [0.3, 0.4) is 0 Å². The minimum Gasteiger partial charge on any atom is -0.394 e. The highest BCUT2D eigenvalue weighted by Crippen LogP contribution is 2.35. The number of allylic oxidation sites excluding steroid dienone is 2. The second-order valence-electron chi connectivity index (χ2n) is 10.1. The predicted molar refractivity (Wildman–Crippen MR) is 145 cm³/mol. The van der Waals surface area contributed by atoms with Crippen LogP contribution in [0.5, 0.6) is 0 Å². The second-order valence-corrected chi connectivity index (χ2v) is 10.1. The Labute approximate surface area is 222 Å². The molecule has 10 nitrogen and oxygen atoms in total. The average molecular weight is 530 g/mol. The number of unbranched alkanes of at least 4 members (excludes halogenated alkanes) is 1. The first-order chi connectivity index (χ1) is 18.1. The fraction of sp³-hybridized carbons (Fsp3) is 0.560. The first-order valence-electron chi connectivity index (χ1n) is 13.0. The summed E-state index contributed by atoms with van der Waals surface area (Å²) >= 11 is 0. The van der Waals surface area contributed by atoms with Crippen LogP contribution in [0.15, 0.2) is 34.6 Å². The quantitative estimate of drug-likeness (QED) is 0.126. The molecule has 3 rings (SSSR count). The fourth-order valence-corrected chi connectivity index (χ4v) is 4.98. The molecule has 0 saturated heterocycles. The molecular weight excluding hydrogens is 493 g/mol. The molecule has 0 fully saturated rings. The number of halogens is 2. The molecule has 2 amide bonds. The van der Waals surface area contributed by atoms with E-state index in [9.17, 15) is 9.59 Å². The minimum absolute atomic E-state index is 0.0233. The molecule has 0 saturated carbocycles. The molecule has 1 unspecified atom stereocenters. The van der Waals surface area contributed by atoms with Gasteiger partial charge in [-0.1, -0.05) is 5.11 Å². The van der Waals surface area contributed by atoms with Gasteiger partial charge in [0.05, 0.1) is 0 Å². The molecule has 1 atom stereocenters. The van der Waals surface area contributed by atoms with Gasteiger partial charge in [0.25, 0.3) is 0 Å². The van der Waals surface area contributed by atoms with E-state index in [2.05, 4.69) is 25.6 Å². The lowest BCUT2D eigenvalue weighted by atomic mass is 9.89. The molecule has 2 aliphatic rings. The Kier molecular flexibility index (Phi) is 9.87. The molecule has 0 radical (unpaired) electrons. The van der Waals surface area contributed by atoms with E-state index in [-0.39, 0.29) is 31.2 Å². The Morgan fingerprint density at radius 1 is 1.21 bits per heavy atom. The number of azide groups is 1. The summed E-state index contributed by atoms with van der Waals surface area (Å²) in [6.07, 6.45) is 6.16. The smallest absolute Gasteiger partial charge is 0.394 e. The Hall–Kier alpha value is -3.44. The molecule has 1 aromatic heterocycles. The van der Waals surface area contributed by atoms with Crippen LogP contribution in [0, 0.1) is 0 Å². The lowest BCUT2D eigenvalue weighted by Crippen LogP contribution is -2.50. The highest BCUT2D eigenvalue weighted by Gasteiger charge is 2.52. The lowest BCUT2D eigenvalue weighted by Gasteiger charge is -2.31. The molecule has 3 heterocycles. The van der Waals surface area contributed by atoms with Crippen LogP contribution in [0.4, 0.5) is 8.63 Å². The van der Waals surface area contributed by atoms with Crippen LogP contribution in [-0.2, 0) is 16.0 Å². The van der Waals surface area contributed by atoms with Gasteiger partial charge in [-0.2, -0.15) is 0 Å². The summed E-state index contributed by atoms with van der Waals surface area (Å²) in [5, 5.41) is 9.02. The number of aryl methyl sites for hydroxylation is 1. The van der Waals surface area contributed by atoms with Crippen molar-refractivity contribution in [1.29, 1.82) is 0 Å². The molecule has 0 aromatic carbocycles. The SMILES string of the molecule is CC1=CC(C)=[N+]2C1=Cc1ccc(CCC(=O)NC(CCCCN(C)C)C(=O)NCCCN=[N+]=[N-])n1[B-]2(F)F. The van der Waals surface area contributed by atoms with Crippen LogP contribution in [-0.4, -0.2) is 78.1 Å². The Morgan fingerprint density at radius 2 is 1.97 bits per heavy atom. The zero-order valence-corrected chi connectivity index (χ0v) is 22.6. The van der Waals surface area contributed by atoms with Crippen LogP contribution in [0.1, 0.15) is 57.3 Å². The maximum absolute atomic E-state index is 15.6. The Morgan fingerprint density at radius 3 is 2.68 bits per heavy atom. The van der Waals surface area contributed by atoms with E-state index in [0.29, 0.717) is 42.2 Å². The van der Waals surface area contributed by atoms with Gasteiger partial charge in [-0.25, -0.2) is 0 Å². The standard InChI is InChI=1S/C25H37BF2N8O2/c1-18-16-19(2)35-23(18)17-21-10-9-20(36(21)26(35,27)28)11-12-24(37)32-22(8-5-6-15-34(3)4)25(38)30-13-7-14-31-33-29/h9-10,16-17,22H,5-8,11-15H2,1-4H3,(H,30,38)(H,32,37). The van der Waals surface area contributed by atoms with Gasteiger partial charge in [0.1, 0.15) is 11.8 Å². The maximum Gasteiger partial charge on any atom is 0.737 e.